The number of nitrogens with one attached hydrogen (secondary N) is 2. The van der Waals surface area contributed by atoms with Gasteiger partial charge in [0.15, 0.2) is 0 Å². The van der Waals surface area contributed by atoms with Crippen LogP contribution in [0.15, 0.2) is 63.4 Å². The summed E-state index contributed by atoms with van der Waals surface area (Å²) in [7, 11) is 1.59. The van der Waals surface area contributed by atoms with E-state index in [0.717, 1.165) is 0 Å². The predicted octanol–water partition coefficient (Wildman–Crippen LogP) is 1.94. The lowest BCUT2D eigenvalue weighted by molar-refractivity contribution is -0.124. The van der Waals surface area contributed by atoms with E-state index in [0.29, 0.717) is 41.7 Å². The molecular formula is C24H23FN6O3. The topological polar surface area (TPSA) is 133 Å². The molecule has 0 aliphatic carbocycles. The highest BCUT2D eigenvalue weighted by molar-refractivity contribution is 6.38. The molecule has 34 heavy (non-hydrogen) atoms. The molecule has 9 nitrogen and oxygen atoms in total. The fraction of sp³-hybridized carbons (Fsp3) is 0.208. The van der Waals surface area contributed by atoms with Gasteiger partial charge in [0.2, 0.25) is 5.91 Å². The molecule has 174 valence electrons. The van der Waals surface area contributed by atoms with E-state index in [2.05, 4.69) is 20.4 Å². The maximum Gasteiger partial charge on any atom is 0.258 e. The Morgan fingerprint density at radius 3 is 2.68 bits per heavy atom. The minimum atomic E-state index is -0.434. The highest BCUT2D eigenvalue weighted by atomic mass is 19.1. The number of aliphatic imine (C=N–C) groups is 1. The quantitative estimate of drug-likeness (QED) is 0.304. The molecule has 1 aliphatic heterocycles. The van der Waals surface area contributed by atoms with Gasteiger partial charge in [-0.15, -0.1) is 0 Å². The van der Waals surface area contributed by atoms with Gasteiger partial charge < -0.3 is 21.0 Å². The van der Waals surface area contributed by atoms with Gasteiger partial charge in [-0.2, -0.15) is 5.10 Å². The molecular weight excluding hydrogens is 439 g/mol. The molecule has 2 heterocycles. The van der Waals surface area contributed by atoms with Gasteiger partial charge in [-0.25, -0.2) is 4.39 Å². The first-order chi connectivity index (χ1) is 16.4. The van der Waals surface area contributed by atoms with Gasteiger partial charge >= 0.3 is 0 Å². The Kier molecular flexibility index (Phi) is 6.48. The number of H-pyrrole nitrogens is 1. The Labute approximate surface area is 194 Å². The second-order valence-electron chi connectivity index (χ2n) is 7.91. The fourth-order valence-electron chi connectivity index (χ4n) is 3.91. The summed E-state index contributed by atoms with van der Waals surface area (Å²) >= 11 is 0. The molecule has 0 unspecified atom stereocenters. The minimum absolute atomic E-state index is 0.0623. The summed E-state index contributed by atoms with van der Waals surface area (Å²) in [6.45, 7) is 0.913. The monoisotopic (exact) mass is 462 g/mol. The number of rotatable bonds is 5. The van der Waals surface area contributed by atoms with Crippen molar-refractivity contribution in [2.45, 2.75) is 6.42 Å². The number of benzene rings is 2. The van der Waals surface area contributed by atoms with Gasteiger partial charge in [0.1, 0.15) is 11.5 Å². The van der Waals surface area contributed by atoms with E-state index >= 15 is 0 Å². The Balaban J connectivity index is 1.49. The second-order valence-corrected chi connectivity index (χ2v) is 7.91. The van der Waals surface area contributed by atoms with Crippen LogP contribution in [0.3, 0.4) is 0 Å². The number of carbonyl (C=O) groups is 2. The number of fused-ring (bicyclic) bond motifs is 1. The van der Waals surface area contributed by atoms with Gasteiger partial charge in [0, 0.05) is 36.6 Å². The number of nitrogens with two attached hydrogens (primary N) is 1. The van der Waals surface area contributed by atoms with Crippen LogP contribution in [0.25, 0.3) is 10.9 Å². The van der Waals surface area contributed by atoms with E-state index in [4.69, 9.17) is 5.84 Å². The SMILES string of the molecule is CNC(=O)[C@H]1CCN(C(=O)c2ccc(N=CC(=NN)c3cc4cc(F)ccc4[nH]c3=O)cc2)C1. The molecule has 0 saturated carbocycles. The van der Waals surface area contributed by atoms with Crippen molar-refractivity contribution in [2.75, 3.05) is 20.1 Å². The van der Waals surface area contributed by atoms with Crippen LogP contribution in [0.5, 0.6) is 0 Å². The third-order valence-corrected chi connectivity index (χ3v) is 5.76. The average molecular weight is 462 g/mol. The van der Waals surface area contributed by atoms with Crippen molar-refractivity contribution in [3.05, 3.63) is 75.8 Å². The Morgan fingerprint density at radius 2 is 1.97 bits per heavy atom. The number of aromatic nitrogens is 1. The van der Waals surface area contributed by atoms with E-state index in [-0.39, 0.29) is 29.0 Å². The smallest absolute Gasteiger partial charge is 0.258 e. The van der Waals surface area contributed by atoms with Crippen molar-refractivity contribution in [3.63, 3.8) is 0 Å². The number of amides is 2. The van der Waals surface area contributed by atoms with E-state index in [1.54, 1.807) is 36.2 Å². The number of hydrazone groups is 1. The Bertz CT molecular complexity index is 1360. The predicted molar refractivity (Wildman–Crippen MR) is 128 cm³/mol. The van der Waals surface area contributed by atoms with E-state index in [9.17, 15) is 18.8 Å². The summed E-state index contributed by atoms with van der Waals surface area (Å²) < 4.78 is 13.6. The Morgan fingerprint density at radius 1 is 1.21 bits per heavy atom. The van der Waals surface area contributed by atoms with E-state index < -0.39 is 11.4 Å². The lowest BCUT2D eigenvalue weighted by atomic mass is 10.1. The first kappa shape index (κ1) is 22.8. The minimum Gasteiger partial charge on any atom is -0.359 e. The summed E-state index contributed by atoms with van der Waals surface area (Å²) in [6, 6.07) is 12.1. The molecule has 2 aromatic carbocycles. The second kappa shape index (κ2) is 9.65. The zero-order chi connectivity index (χ0) is 24.2. The first-order valence-electron chi connectivity index (χ1n) is 10.7. The number of pyridine rings is 1. The largest absolute Gasteiger partial charge is 0.359 e. The van der Waals surface area contributed by atoms with Crippen LogP contribution < -0.4 is 16.7 Å². The molecule has 0 bridgehead atoms. The van der Waals surface area contributed by atoms with Gasteiger partial charge in [-0.3, -0.25) is 19.4 Å². The number of nitrogens with zero attached hydrogens (tertiary/aromatic N) is 3. The molecule has 0 spiro atoms. The van der Waals surface area contributed by atoms with Crippen molar-refractivity contribution >= 4 is 40.3 Å². The maximum absolute atomic E-state index is 13.6. The van der Waals surface area contributed by atoms with Crippen LogP contribution in [0.2, 0.25) is 0 Å². The van der Waals surface area contributed by atoms with E-state index in [1.165, 1.54) is 30.5 Å². The van der Waals surface area contributed by atoms with Crippen molar-refractivity contribution in [2.24, 2.45) is 21.9 Å². The Hall–Kier alpha value is -4.34. The van der Waals surface area contributed by atoms with Crippen molar-refractivity contribution in [1.82, 2.24) is 15.2 Å². The number of hydrogen-bond donors (Lipinski definition) is 3. The molecule has 0 radical (unpaired) electrons. The summed E-state index contributed by atoms with van der Waals surface area (Å²) in [6.07, 6.45) is 1.97. The summed E-state index contributed by atoms with van der Waals surface area (Å²) in [5.74, 6) is 4.64. The molecule has 10 heteroatoms. The summed E-state index contributed by atoms with van der Waals surface area (Å²) in [5.41, 5.74) is 1.32. The zero-order valence-electron chi connectivity index (χ0n) is 18.4. The lowest BCUT2D eigenvalue weighted by Crippen LogP contribution is -2.33. The zero-order valence-corrected chi connectivity index (χ0v) is 18.4. The molecule has 4 N–H and O–H groups in total. The standard InChI is InChI=1S/C24H23FN6O3/c1-27-22(32)15-8-9-31(13-15)24(34)14-2-5-18(6-3-14)28-12-21(30-26)19-11-16-10-17(25)4-7-20(16)29-23(19)33/h2-7,10-12,15H,8-9,13,26H2,1H3,(H,27,32)(H,29,33)/t15-/m0/s1. The van der Waals surface area contributed by atoms with E-state index in [1.807, 2.05) is 0 Å². The molecule has 1 aliphatic rings. The molecule has 1 atom stereocenters. The third kappa shape index (κ3) is 4.70. The number of carbonyl (C=O) groups excluding carboxylic acids is 2. The summed E-state index contributed by atoms with van der Waals surface area (Å²) in [4.78, 5) is 45.6. The normalized spacial score (nSPS) is 16.4. The van der Waals surface area contributed by atoms with Gasteiger partial charge in [-0.1, -0.05) is 0 Å². The van der Waals surface area contributed by atoms with Crippen LogP contribution in [0.1, 0.15) is 22.3 Å². The maximum atomic E-state index is 13.6. The third-order valence-electron chi connectivity index (χ3n) is 5.76. The van der Waals surface area contributed by atoms with Gasteiger partial charge in [-0.05, 0) is 55.0 Å². The number of hydrogen-bond acceptors (Lipinski definition) is 6. The van der Waals surface area contributed by atoms with Crippen LogP contribution >= 0.6 is 0 Å². The van der Waals surface area contributed by atoms with Crippen LogP contribution in [0.4, 0.5) is 10.1 Å². The van der Waals surface area contributed by atoms with Gasteiger partial charge in [0.25, 0.3) is 11.5 Å². The number of likely N-dealkylation sites (tertiary alicyclic amines) is 1. The number of halogens is 1. The van der Waals surface area contributed by atoms with Gasteiger partial charge in [0.05, 0.1) is 23.4 Å². The molecule has 1 fully saturated rings. The fourth-order valence-corrected chi connectivity index (χ4v) is 3.91. The van der Waals surface area contributed by atoms with Crippen molar-refractivity contribution in [1.29, 1.82) is 0 Å². The first-order valence-corrected chi connectivity index (χ1v) is 10.7. The molecule has 4 rings (SSSR count). The summed E-state index contributed by atoms with van der Waals surface area (Å²) in [5, 5.41) is 6.76. The van der Waals surface area contributed by atoms with Crippen LogP contribution in [-0.4, -0.2) is 53.8 Å². The lowest BCUT2D eigenvalue weighted by Gasteiger charge is -2.16. The number of aromatic amines is 1. The van der Waals surface area contributed by atoms with Crippen molar-refractivity contribution < 1.29 is 14.0 Å². The highest BCUT2D eigenvalue weighted by Gasteiger charge is 2.30. The average Bonchev–Trinajstić information content (AvgIpc) is 3.34. The van der Waals surface area contributed by atoms with Crippen molar-refractivity contribution in [3.8, 4) is 0 Å². The molecule has 1 aromatic heterocycles. The molecule has 1 saturated heterocycles. The molecule has 3 aromatic rings. The van der Waals surface area contributed by atoms with Crippen LogP contribution in [-0.2, 0) is 4.79 Å². The van der Waals surface area contributed by atoms with Crippen LogP contribution in [0, 0.1) is 11.7 Å². The highest BCUT2D eigenvalue weighted by Crippen LogP contribution is 2.21. The molecule has 2 amide bonds.